The summed E-state index contributed by atoms with van der Waals surface area (Å²) >= 11 is 0. The lowest BCUT2D eigenvalue weighted by molar-refractivity contribution is -0.870. The van der Waals surface area contributed by atoms with Gasteiger partial charge in [0.1, 0.15) is 13.2 Å². The van der Waals surface area contributed by atoms with Gasteiger partial charge in [-0.25, -0.2) is 0 Å². The molecule has 73 heavy (non-hydrogen) atoms. The van der Waals surface area contributed by atoms with E-state index in [1.165, 1.54) is 32.1 Å². The summed E-state index contributed by atoms with van der Waals surface area (Å²) in [5.74, 6) is -2.34. The second kappa shape index (κ2) is 53.7. The van der Waals surface area contributed by atoms with Crippen molar-refractivity contribution in [3.63, 3.8) is 0 Å². The minimum absolute atomic E-state index is 0.133. The Morgan fingerprint density at radius 3 is 1.10 bits per heavy atom. The average Bonchev–Trinajstić information content (AvgIpc) is 3.36. The number of carbonyl (C=O) groups is 3. The van der Waals surface area contributed by atoms with Gasteiger partial charge in [-0.15, -0.1) is 0 Å². The molecule has 9 heteroatoms. The minimum atomic E-state index is -1.64. The van der Waals surface area contributed by atoms with Crippen LogP contribution in [0.3, 0.4) is 0 Å². The third kappa shape index (κ3) is 55.0. The SMILES string of the molecule is CC/C=C\C/C=C\C/C=C\C/C=C\C/C=C\C/C=C\CCCCCCC(=O)OC(COC(=O)CCCCCCCCCCC/C=C\C/C=C\C/C=C\C/C=C\C/C=C\CC)COC(OCC[N+](C)(C)C)C(=O)[O-]. The van der Waals surface area contributed by atoms with Gasteiger partial charge in [-0.2, -0.15) is 0 Å². The van der Waals surface area contributed by atoms with Gasteiger partial charge in [0.25, 0.3) is 0 Å². The van der Waals surface area contributed by atoms with E-state index in [2.05, 4.69) is 148 Å². The number of hydrogen-bond acceptors (Lipinski definition) is 8. The van der Waals surface area contributed by atoms with E-state index in [0.717, 1.165) is 128 Å². The van der Waals surface area contributed by atoms with E-state index in [4.69, 9.17) is 18.9 Å². The molecule has 0 saturated carbocycles. The molecule has 0 rings (SSSR count). The summed E-state index contributed by atoms with van der Waals surface area (Å²) in [6.45, 7) is 4.46. The van der Waals surface area contributed by atoms with Crippen LogP contribution in [0.1, 0.15) is 194 Å². The van der Waals surface area contributed by atoms with Gasteiger partial charge in [0, 0.05) is 12.8 Å². The summed E-state index contributed by atoms with van der Waals surface area (Å²) in [5, 5.41) is 11.8. The van der Waals surface area contributed by atoms with Gasteiger partial charge < -0.3 is 33.3 Å². The van der Waals surface area contributed by atoms with Crippen LogP contribution in [0, 0.1) is 0 Å². The Morgan fingerprint density at radius 1 is 0.411 bits per heavy atom. The molecular weight excluding hydrogens is 911 g/mol. The zero-order valence-electron chi connectivity index (χ0n) is 46.7. The van der Waals surface area contributed by atoms with Crippen LogP contribution in [0.5, 0.6) is 0 Å². The van der Waals surface area contributed by atoms with Crippen molar-refractivity contribution in [1.82, 2.24) is 0 Å². The third-order valence-electron chi connectivity index (χ3n) is 11.4. The van der Waals surface area contributed by atoms with Crippen molar-refractivity contribution < 1.29 is 42.9 Å². The van der Waals surface area contributed by atoms with Crippen molar-refractivity contribution in [3.05, 3.63) is 134 Å². The van der Waals surface area contributed by atoms with Crippen molar-refractivity contribution in [3.8, 4) is 0 Å². The summed E-state index contributed by atoms with van der Waals surface area (Å²) in [5.41, 5.74) is 0. The molecule has 0 saturated heterocycles. The van der Waals surface area contributed by atoms with E-state index >= 15 is 0 Å². The molecule has 0 aromatic heterocycles. The molecule has 412 valence electrons. The van der Waals surface area contributed by atoms with Gasteiger partial charge in [-0.3, -0.25) is 9.59 Å². The molecule has 0 radical (unpaired) electrons. The van der Waals surface area contributed by atoms with Crippen LogP contribution in [0.2, 0.25) is 0 Å². The van der Waals surface area contributed by atoms with E-state index in [1.54, 1.807) is 0 Å². The monoisotopic (exact) mass is 1010 g/mol. The number of rotatable bonds is 50. The van der Waals surface area contributed by atoms with Gasteiger partial charge in [-0.1, -0.05) is 205 Å². The molecule has 2 unspecified atom stereocenters. The molecule has 0 aromatic carbocycles. The summed E-state index contributed by atoms with van der Waals surface area (Å²) < 4.78 is 22.6. The second-order valence-corrected chi connectivity index (χ2v) is 19.5. The number of likely N-dealkylation sites (N-methyl/N-ethyl adjacent to an activating group) is 1. The van der Waals surface area contributed by atoms with E-state index in [-0.39, 0.29) is 38.6 Å². The Morgan fingerprint density at radius 2 is 0.740 bits per heavy atom. The maximum absolute atomic E-state index is 12.9. The van der Waals surface area contributed by atoms with Crippen molar-refractivity contribution in [2.75, 3.05) is 47.5 Å². The fourth-order valence-corrected chi connectivity index (χ4v) is 7.09. The number of carboxylic acids is 1. The van der Waals surface area contributed by atoms with Crippen LogP contribution in [0.15, 0.2) is 134 Å². The number of aliphatic carboxylic acids is 1. The number of hydrogen-bond donors (Lipinski definition) is 0. The van der Waals surface area contributed by atoms with Crippen LogP contribution in [-0.4, -0.2) is 82.3 Å². The Kier molecular flexibility index (Phi) is 50.4. The van der Waals surface area contributed by atoms with Crippen molar-refractivity contribution in [1.29, 1.82) is 0 Å². The minimum Gasteiger partial charge on any atom is -0.545 e. The van der Waals surface area contributed by atoms with Gasteiger partial charge in [-0.05, 0) is 109 Å². The first-order valence-corrected chi connectivity index (χ1v) is 28.3. The predicted molar refractivity (Wildman–Crippen MR) is 306 cm³/mol. The largest absolute Gasteiger partial charge is 0.545 e. The van der Waals surface area contributed by atoms with E-state index < -0.39 is 24.3 Å². The highest BCUT2D eigenvalue weighted by molar-refractivity contribution is 5.70. The third-order valence-corrected chi connectivity index (χ3v) is 11.4. The molecule has 0 spiro atoms. The molecule has 0 N–H and O–H groups in total. The normalized spacial score (nSPS) is 13.8. The summed E-state index contributed by atoms with van der Waals surface area (Å²) in [4.78, 5) is 37.3. The molecule has 0 heterocycles. The summed E-state index contributed by atoms with van der Waals surface area (Å²) in [6, 6.07) is 0. The molecule has 2 atom stereocenters. The fraction of sp³-hybridized carbons (Fsp3) is 0.609. The number of esters is 2. The van der Waals surface area contributed by atoms with Gasteiger partial charge in [0.05, 0.1) is 40.3 Å². The fourth-order valence-electron chi connectivity index (χ4n) is 7.09. The molecule has 0 amide bonds. The first-order valence-electron chi connectivity index (χ1n) is 28.3. The number of quaternary nitrogens is 1. The Hall–Kier alpha value is -4.57. The summed E-state index contributed by atoms with van der Waals surface area (Å²) in [7, 11) is 5.90. The topological polar surface area (TPSA) is 111 Å². The molecule has 0 bridgehead atoms. The molecule has 9 nitrogen and oxygen atoms in total. The van der Waals surface area contributed by atoms with Crippen LogP contribution < -0.4 is 5.11 Å². The number of ether oxygens (including phenoxy) is 4. The predicted octanol–water partition coefficient (Wildman–Crippen LogP) is 15.3. The maximum atomic E-state index is 12.9. The van der Waals surface area contributed by atoms with Crippen molar-refractivity contribution >= 4 is 17.9 Å². The van der Waals surface area contributed by atoms with Gasteiger partial charge in [0.15, 0.2) is 12.4 Å². The van der Waals surface area contributed by atoms with Crippen LogP contribution in [0.4, 0.5) is 0 Å². The second-order valence-electron chi connectivity index (χ2n) is 19.5. The van der Waals surface area contributed by atoms with Gasteiger partial charge >= 0.3 is 11.9 Å². The quantitative estimate of drug-likeness (QED) is 0.0195. The highest BCUT2D eigenvalue weighted by atomic mass is 16.7. The van der Waals surface area contributed by atoms with Gasteiger partial charge in [0.2, 0.25) is 0 Å². The van der Waals surface area contributed by atoms with Crippen molar-refractivity contribution in [2.45, 2.75) is 206 Å². The molecule has 0 aliphatic rings. The molecule has 0 aromatic rings. The Labute approximate surface area is 446 Å². The van der Waals surface area contributed by atoms with Crippen LogP contribution >= 0.6 is 0 Å². The Balaban J connectivity index is 4.37. The number of nitrogens with zero attached hydrogens (tertiary/aromatic N) is 1. The molecule has 0 fully saturated rings. The smallest absolute Gasteiger partial charge is 0.306 e. The first-order chi connectivity index (χ1) is 35.6. The lowest BCUT2D eigenvalue weighted by atomic mass is 10.1. The van der Waals surface area contributed by atoms with E-state index in [1.807, 2.05) is 21.1 Å². The van der Waals surface area contributed by atoms with Crippen LogP contribution in [0.25, 0.3) is 0 Å². The molecule has 0 aliphatic heterocycles. The zero-order chi connectivity index (χ0) is 53.4. The first kappa shape index (κ1) is 68.4. The van der Waals surface area contributed by atoms with E-state index in [9.17, 15) is 19.5 Å². The number of carbonyl (C=O) groups excluding carboxylic acids is 3. The number of carboxylic acid groups (broad SMARTS) is 1. The lowest BCUT2D eigenvalue weighted by Crippen LogP contribution is -2.44. The number of unbranched alkanes of at least 4 members (excludes halogenated alkanes) is 13. The average molecular weight is 1010 g/mol. The standard InChI is InChI=1S/C64H103NO8/c1-6-8-10-12-14-16-18-20-22-24-26-28-30-31-33-34-36-38-40-42-44-46-48-50-52-54-61(66)71-58-60(59-72-64(63(68)69)70-57-56-65(3,4)5)73-62(67)55-53-51-49-47-45-43-41-39-37-35-32-29-27-25-23-21-19-17-15-13-11-9-7-2/h8-11,14-17,20-23,26-29,31,33,35,37,41,43,60,64H,6-7,12-13,18-19,24-25,30,32,34,36,38-40,42,44-59H2,1-5H3/b10-8-,11-9-,16-14-,17-15-,22-20-,23-21-,28-26-,29-27-,33-31-,37-35-,43-41-. The lowest BCUT2D eigenvalue weighted by Gasteiger charge is -2.26. The highest BCUT2D eigenvalue weighted by Crippen LogP contribution is 2.14. The Bertz CT molecular complexity index is 1650. The molecular formula is C64H103NO8. The van der Waals surface area contributed by atoms with Crippen LogP contribution in [-0.2, 0) is 33.3 Å². The van der Waals surface area contributed by atoms with E-state index in [0.29, 0.717) is 17.4 Å². The summed E-state index contributed by atoms with van der Waals surface area (Å²) in [6.07, 6.45) is 73.4. The zero-order valence-corrected chi connectivity index (χ0v) is 46.7. The molecule has 0 aliphatic carbocycles. The maximum Gasteiger partial charge on any atom is 0.306 e. The number of allylic oxidation sites excluding steroid dienone is 22. The highest BCUT2D eigenvalue weighted by Gasteiger charge is 2.22. The van der Waals surface area contributed by atoms with Crippen molar-refractivity contribution in [2.24, 2.45) is 0 Å².